The van der Waals surface area contributed by atoms with Gasteiger partial charge >= 0.3 is 6.61 Å². The van der Waals surface area contributed by atoms with E-state index in [0.717, 1.165) is 25.7 Å². The number of hydrogen-bond acceptors (Lipinski definition) is 4. The van der Waals surface area contributed by atoms with Crippen LogP contribution in [0.25, 0.3) is 0 Å². The number of ether oxygens (including phenoxy) is 1. The van der Waals surface area contributed by atoms with E-state index in [2.05, 4.69) is 10.1 Å². The molecule has 1 fully saturated rings. The van der Waals surface area contributed by atoms with E-state index in [0.29, 0.717) is 11.7 Å². The Kier molecular flexibility index (Phi) is 8.63. The largest absolute Gasteiger partial charge is 0.433 e. The summed E-state index contributed by atoms with van der Waals surface area (Å²) in [6.45, 7) is -2.97. The Balaban J connectivity index is 1.74. The summed E-state index contributed by atoms with van der Waals surface area (Å²) >= 11 is 7.08. The van der Waals surface area contributed by atoms with Crippen molar-refractivity contribution >= 4 is 40.9 Å². The number of rotatable bonds is 8. The molecule has 0 saturated heterocycles. The van der Waals surface area contributed by atoms with Crippen molar-refractivity contribution in [2.24, 2.45) is 0 Å². The van der Waals surface area contributed by atoms with E-state index in [4.69, 9.17) is 11.6 Å². The average Bonchev–Trinajstić information content (AvgIpc) is 2.63. The number of alkyl halides is 2. The Bertz CT molecular complexity index is 657. The molecular weight excluding hydrogens is 398 g/mol. The van der Waals surface area contributed by atoms with E-state index in [1.165, 1.54) is 36.4 Å². The van der Waals surface area contributed by atoms with Gasteiger partial charge in [-0.1, -0.05) is 30.9 Å². The fourth-order valence-corrected chi connectivity index (χ4v) is 3.94. The minimum absolute atomic E-state index is 0.0231. The van der Waals surface area contributed by atoms with Crippen LogP contribution in [0.1, 0.15) is 32.1 Å². The molecular formula is C18H23ClF2N2O3S. The summed E-state index contributed by atoms with van der Waals surface area (Å²) in [5.74, 6) is -0.0854. The van der Waals surface area contributed by atoms with E-state index >= 15 is 0 Å². The number of nitrogens with one attached hydrogen (secondary N) is 1. The van der Waals surface area contributed by atoms with Crippen molar-refractivity contribution in [1.29, 1.82) is 0 Å². The standard InChI is InChI=1S/C18H23ClF2N2O3S/c1-23(13-5-3-2-4-6-13)17(25)11-27-10-16(24)22-12-7-8-15(14(19)9-12)26-18(20)21/h7-9,13,18H,2-6,10-11H2,1H3,(H,22,24). The molecule has 27 heavy (non-hydrogen) atoms. The number of halogens is 3. The molecule has 0 spiro atoms. The van der Waals surface area contributed by atoms with Gasteiger partial charge in [0, 0.05) is 18.8 Å². The lowest BCUT2D eigenvalue weighted by Crippen LogP contribution is -2.39. The SMILES string of the molecule is CN(C(=O)CSCC(=O)Nc1ccc(OC(F)F)c(Cl)c1)C1CCCCC1. The molecule has 0 radical (unpaired) electrons. The first-order valence-corrected chi connectivity index (χ1v) is 10.3. The van der Waals surface area contributed by atoms with Crippen molar-refractivity contribution < 1.29 is 23.1 Å². The van der Waals surface area contributed by atoms with Crippen LogP contribution in [0.15, 0.2) is 18.2 Å². The lowest BCUT2D eigenvalue weighted by atomic mass is 9.94. The molecule has 5 nitrogen and oxygen atoms in total. The van der Waals surface area contributed by atoms with Gasteiger partial charge in [-0.15, -0.1) is 11.8 Å². The van der Waals surface area contributed by atoms with Crippen molar-refractivity contribution in [2.75, 3.05) is 23.9 Å². The first-order valence-electron chi connectivity index (χ1n) is 8.74. The molecule has 1 N–H and O–H groups in total. The quantitative estimate of drug-likeness (QED) is 0.677. The fraction of sp³-hybridized carbons (Fsp3) is 0.556. The van der Waals surface area contributed by atoms with E-state index in [1.54, 1.807) is 4.90 Å². The maximum absolute atomic E-state index is 12.2. The molecule has 150 valence electrons. The molecule has 2 amide bonds. The van der Waals surface area contributed by atoms with Crippen molar-refractivity contribution in [2.45, 2.75) is 44.8 Å². The van der Waals surface area contributed by atoms with Crippen molar-refractivity contribution in [3.05, 3.63) is 23.2 Å². The zero-order valence-corrected chi connectivity index (χ0v) is 16.6. The molecule has 0 aromatic heterocycles. The second kappa shape index (κ2) is 10.7. The lowest BCUT2D eigenvalue weighted by molar-refractivity contribution is -0.129. The van der Waals surface area contributed by atoms with E-state index in [9.17, 15) is 18.4 Å². The molecule has 0 aliphatic heterocycles. The third-order valence-corrected chi connectivity index (χ3v) is 5.62. The van der Waals surface area contributed by atoms with Crippen LogP contribution in [-0.2, 0) is 9.59 Å². The average molecular weight is 421 g/mol. The highest BCUT2D eigenvalue weighted by molar-refractivity contribution is 8.00. The summed E-state index contributed by atoms with van der Waals surface area (Å²) in [5, 5.41) is 2.59. The fourth-order valence-electron chi connectivity index (χ4n) is 2.97. The van der Waals surface area contributed by atoms with Gasteiger partial charge in [-0.3, -0.25) is 9.59 Å². The summed E-state index contributed by atoms with van der Waals surface area (Å²) < 4.78 is 28.7. The molecule has 0 heterocycles. The maximum Gasteiger partial charge on any atom is 0.387 e. The molecule has 1 aliphatic rings. The number of nitrogens with zero attached hydrogens (tertiary/aromatic N) is 1. The second-order valence-electron chi connectivity index (χ2n) is 6.36. The molecule has 0 bridgehead atoms. The van der Waals surface area contributed by atoms with Gasteiger partial charge in [-0.25, -0.2) is 0 Å². The zero-order valence-electron chi connectivity index (χ0n) is 15.1. The van der Waals surface area contributed by atoms with Crippen LogP contribution < -0.4 is 10.1 Å². The van der Waals surface area contributed by atoms with Crippen molar-refractivity contribution in [3.8, 4) is 5.75 Å². The summed E-state index contributed by atoms with van der Waals surface area (Å²) in [5.41, 5.74) is 0.373. The minimum atomic E-state index is -2.97. The minimum Gasteiger partial charge on any atom is -0.433 e. The number of benzene rings is 1. The molecule has 2 rings (SSSR count). The number of carbonyl (C=O) groups excluding carboxylic acids is 2. The van der Waals surface area contributed by atoms with Crippen LogP contribution in [0, 0.1) is 0 Å². The van der Waals surface area contributed by atoms with Crippen LogP contribution >= 0.6 is 23.4 Å². The second-order valence-corrected chi connectivity index (χ2v) is 7.75. The molecule has 0 unspecified atom stereocenters. The van der Waals surface area contributed by atoms with Crippen molar-refractivity contribution in [3.63, 3.8) is 0 Å². The summed E-state index contributed by atoms with van der Waals surface area (Å²) in [6, 6.07) is 4.33. The third-order valence-electron chi connectivity index (χ3n) is 4.41. The Morgan fingerprint density at radius 1 is 1.30 bits per heavy atom. The van der Waals surface area contributed by atoms with Gasteiger partial charge in [0.2, 0.25) is 11.8 Å². The van der Waals surface area contributed by atoms with Gasteiger partial charge in [0.25, 0.3) is 0 Å². The van der Waals surface area contributed by atoms with Gasteiger partial charge < -0.3 is 15.0 Å². The van der Waals surface area contributed by atoms with Gasteiger partial charge in [0.15, 0.2) is 0 Å². The predicted molar refractivity (Wildman–Crippen MR) is 104 cm³/mol. The van der Waals surface area contributed by atoms with Gasteiger partial charge in [-0.2, -0.15) is 8.78 Å². The summed E-state index contributed by atoms with van der Waals surface area (Å²) in [6.07, 6.45) is 5.62. The van der Waals surface area contributed by atoms with E-state index in [1.807, 2.05) is 7.05 Å². The third kappa shape index (κ3) is 7.18. The number of hydrogen-bond donors (Lipinski definition) is 1. The zero-order chi connectivity index (χ0) is 19.8. The highest BCUT2D eigenvalue weighted by Gasteiger charge is 2.22. The highest BCUT2D eigenvalue weighted by Crippen LogP contribution is 2.29. The lowest BCUT2D eigenvalue weighted by Gasteiger charge is -2.31. The van der Waals surface area contributed by atoms with Crippen LogP contribution in [0.5, 0.6) is 5.75 Å². The summed E-state index contributed by atoms with van der Waals surface area (Å²) in [4.78, 5) is 26.0. The number of anilines is 1. The van der Waals surface area contributed by atoms with Gasteiger partial charge in [0.05, 0.1) is 16.5 Å². The highest BCUT2D eigenvalue weighted by atomic mass is 35.5. The summed E-state index contributed by atoms with van der Waals surface area (Å²) in [7, 11) is 1.82. The Morgan fingerprint density at radius 2 is 2.00 bits per heavy atom. The normalized spacial score (nSPS) is 14.9. The Labute approximate surface area is 166 Å². The van der Waals surface area contributed by atoms with Crippen LogP contribution in [-0.4, -0.2) is 47.9 Å². The van der Waals surface area contributed by atoms with Gasteiger partial charge in [0.1, 0.15) is 5.75 Å². The predicted octanol–water partition coefficient (Wildman–Crippen LogP) is 4.40. The number of amides is 2. The smallest absolute Gasteiger partial charge is 0.387 e. The molecule has 1 aromatic carbocycles. The van der Waals surface area contributed by atoms with E-state index < -0.39 is 6.61 Å². The number of carbonyl (C=O) groups is 2. The first kappa shape index (κ1) is 21.8. The maximum atomic E-state index is 12.2. The Morgan fingerprint density at radius 3 is 2.63 bits per heavy atom. The number of thioether (sulfide) groups is 1. The van der Waals surface area contributed by atoms with Crippen LogP contribution in [0.2, 0.25) is 5.02 Å². The molecule has 0 atom stereocenters. The molecule has 1 aromatic rings. The van der Waals surface area contributed by atoms with E-state index in [-0.39, 0.29) is 34.1 Å². The molecule has 9 heteroatoms. The monoisotopic (exact) mass is 420 g/mol. The van der Waals surface area contributed by atoms with Crippen LogP contribution in [0.3, 0.4) is 0 Å². The van der Waals surface area contributed by atoms with Crippen molar-refractivity contribution in [1.82, 2.24) is 4.90 Å². The molecule has 1 saturated carbocycles. The van der Waals surface area contributed by atoms with Crippen LogP contribution in [0.4, 0.5) is 14.5 Å². The topological polar surface area (TPSA) is 58.6 Å². The molecule has 1 aliphatic carbocycles. The first-order chi connectivity index (χ1) is 12.9. The Hall–Kier alpha value is -1.54. The van der Waals surface area contributed by atoms with Gasteiger partial charge in [-0.05, 0) is 31.0 Å².